The third-order valence-electron chi connectivity index (χ3n) is 4.41. The molecule has 0 aliphatic heterocycles. The van der Waals surface area contributed by atoms with E-state index in [9.17, 15) is 13.2 Å². The predicted molar refractivity (Wildman–Crippen MR) is 103 cm³/mol. The van der Waals surface area contributed by atoms with Gasteiger partial charge in [-0.3, -0.25) is 4.79 Å². The summed E-state index contributed by atoms with van der Waals surface area (Å²) in [6.45, 7) is 0.129. The zero-order chi connectivity index (χ0) is 19.5. The lowest BCUT2D eigenvalue weighted by Gasteiger charge is -2.21. The fourth-order valence-electron chi connectivity index (χ4n) is 3.05. The number of sulfone groups is 1. The Hall–Kier alpha value is -2.16. The standard InChI is InChI=1S/C18H25N3O4S/c1-21(2)16-7-3-6-14-13(16)5-4-8-17(14)26(24,25)12(9-10-19)11-15(20)18(22)23/h3-8,12,15H,9-11,19-20H2,1-2H3,(H,22,23)/t12?,15-/m0/s1. The number of hydrogen-bond acceptors (Lipinski definition) is 6. The fraction of sp³-hybridized carbons (Fsp3) is 0.389. The lowest BCUT2D eigenvalue weighted by Crippen LogP contribution is -2.37. The van der Waals surface area contributed by atoms with Crippen molar-refractivity contribution < 1.29 is 18.3 Å². The molecule has 0 amide bonds. The van der Waals surface area contributed by atoms with Crippen LogP contribution in [-0.2, 0) is 14.6 Å². The molecule has 0 aliphatic carbocycles. The maximum Gasteiger partial charge on any atom is 0.320 e. The minimum absolute atomic E-state index is 0.129. The molecular formula is C18H25N3O4S. The van der Waals surface area contributed by atoms with E-state index >= 15 is 0 Å². The van der Waals surface area contributed by atoms with E-state index in [0.717, 1.165) is 11.1 Å². The van der Waals surface area contributed by atoms with Crippen molar-refractivity contribution in [2.24, 2.45) is 11.5 Å². The van der Waals surface area contributed by atoms with Crippen molar-refractivity contribution in [2.75, 3.05) is 25.5 Å². The summed E-state index contributed by atoms with van der Waals surface area (Å²) in [6.07, 6.45) is -0.0360. The summed E-state index contributed by atoms with van der Waals surface area (Å²) in [5, 5.41) is 9.51. The van der Waals surface area contributed by atoms with Gasteiger partial charge in [0.15, 0.2) is 9.84 Å². The zero-order valence-electron chi connectivity index (χ0n) is 14.9. The molecule has 7 nitrogen and oxygen atoms in total. The summed E-state index contributed by atoms with van der Waals surface area (Å²) < 4.78 is 26.5. The Bertz CT molecular complexity index is 896. The molecule has 0 saturated carbocycles. The van der Waals surface area contributed by atoms with Gasteiger partial charge in [-0.1, -0.05) is 24.3 Å². The Morgan fingerprint density at radius 3 is 2.35 bits per heavy atom. The molecule has 0 heterocycles. The molecule has 2 aromatic carbocycles. The highest BCUT2D eigenvalue weighted by Gasteiger charge is 2.32. The first-order chi connectivity index (χ1) is 12.2. The van der Waals surface area contributed by atoms with Gasteiger partial charge in [0, 0.05) is 30.6 Å². The molecule has 0 saturated heterocycles. The molecule has 2 rings (SSSR count). The number of nitrogens with two attached hydrogens (primary N) is 2. The van der Waals surface area contributed by atoms with Crippen LogP contribution in [0.4, 0.5) is 5.69 Å². The largest absolute Gasteiger partial charge is 0.480 e. The lowest BCUT2D eigenvalue weighted by molar-refractivity contribution is -0.138. The van der Waals surface area contributed by atoms with Crippen LogP contribution < -0.4 is 16.4 Å². The van der Waals surface area contributed by atoms with Gasteiger partial charge in [-0.2, -0.15) is 0 Å². The lowest BCUT2D eigenvalue weighted by atomic mass is 10.1. The number of carboxylic acid groups (broad SMARTS) is 1. The smallest absolute Gasteiger partial charge is 0.320 e. The number of benzene rings is 2. The molecule has 0 fully saturated rings. The normalized spacial score (nSPS) is 14.2. The Kier molecular flexibility index (Phi) is 6.22. The van der Waals surface area contributed by atoms with Gasteiger partial charge in [-0.05, 0) is 31.5 Å². The highest BCUT2D eigenvalue weighted by molar-refractivity contribution is 7.92. The molecule has 5 N–H and O–H groups in total. The van der Waals surface area contributed by atoms with Crippen LogP contribution in [0.15, 0.2) is 41.3 Å². The molecule has 0 spiro atoms. The number of anilines is 1. The topological polar surface area (TPSA) is 127 Å². The number of fused-ring (bicyclic) bond motifs is 1. The summed E-state index contributed by atoms with van der Waals surface area (Å²) in [7, 11) is -0.0268. The highest BCUT2D eigenvalue weighted by Crippen LogP contribution is 2.33. The number of carbonyl (C=O) groups is 1. The quantitative estimate of drug-likeness (QED) is 0.629. The number of carboxylic acids is 1. The first-order valence-corrected chi connectivity index (χ1v) is 9.86. The first kappa shape index (κ1) is 20.2. The minimum Gasteiger partial charge on any atom is -0.480 e. The van der Waals surface area contributed by atoms with Crippen molar-refractivity contribution >= 4 is 32.3 Å². The molecule has 0 aliphatic rings. The van der Waals surface area contributed by atoms with Crippen LogP contribution in [0.3, 0.4) is 0 Å². The maximum absolute atomic E-state index is 13.3. The van der Waals surface area contributed by atoms with E-state index in [4.69, 9.17) is 16.6 Å². The van der Waals surface area contributed by atoms with Crippen LogP contribution in [-0.4, -0.2) is 51.4 Å². The highest BCUT2D eigenvalue weighted by atomic mass is 32.2. The Morgan fingerprint density at radius 2 is 1.77 bits per heavy atom. The van der Waals surface area contributed by atoms with Crippen LogP contribution in [0.25, 0.3) is 10.8 Å². The van der Waals surface area contributed by atoms with Crippen molar-refractivity contribution in [3.05, 3.63) is 36.4 Å². The molecule has 2 atom stereocenters. The fourth-order valence-corrected chi connectivity index (χ4v) is 5.07. The van der Waals surface area contributed by atoms with Gasteiger partial charge in [0.2, 0.25) is 0 Å². The third kappa shape index (κ3) is 3.98. The van der Waals surface area contributed by atoms with Crippen LogP contribution in [0.2, 0.25) is 0 Å². The second kappa shape index (κ2) is 8.03. The second-order valence-corrected chi connectivity index (χ2v) is 8.64. The molecular weight excluding hydrogens is 354 g/mol. The van der Waals surface area contributed by atoms with Crippen molar-refractivity contribution in [1.82, 2.24) is 0 Å². The minimum atomic E-state index is -3.80. The summed E-state index contributed by atoms with van der Waals surface area (Å²) >= 11 is 0. The van der Waals surface area contributed by atoms with Gasteiger partial charge in [0.05, 0.1) is 10.1 Å². The summed E-state index contributed by atoms with van der Waals surface area (Å²) in [4.78, 5) is 13.2. The van der Waals surface area contributed by atoms with E-state index in [1.54, 1.807) is 24.3 Å². The molecule has 1 unspecified atom stereocenters. The van der Waals surface area contributed by atoms with Gasteiger partial charge < -0.3 is 21.5 Å². The molecule has 0 bridgehead atoms. The average Bonchev–Trinajstić information content (AvgIpc) is 2.59. The van der Waals surface area contributed by atoms with Gasteiger partial charge >= 0.3 is 5.97 Å². The van der Waals surface area contributed by atoms with Gasteiger partial charge in [-0.15, -0.1) is 0 Å². The second-order valence-electron chi connectivity index (χ2n) is 6.45. The molecule has 2 aromatic rings. The maximum atomic E-state index is 13.3. The van der Waals surface area contributed by atoms with E-state index in [0.29, 0.717) is 5.39 Å². The number of nitrogens with zero attached hydrogens (tertiary/aromatic N) is 1. The van der Waals surface area contributed by atoms with E-state index in [2.05, 4.69) is 0 Å². The molecule has 142 valence electrons. The van der Waals surface area contributed by atoms with Crippen molar-refractivity contribution in [2.45, 2.75) is 29.0 Å². The Balaban J connectivity index is 2.60. The summed E-state index contributed by atoms with van der Waals surface area (Å²) in [5.41, 5.74) is 12.1. The van der Waals surface area contributed by atoms with Crippen molar-refractivity contribution in [3.63, 3.8) is 0 Å². The molecule has 0 aromatic heterocycles. The molecule has 0 radical (unpaired) electrons. The van der Waals surface area contributed by atoms with Crippen LogP contribution in [0, 0.1) is 0 Å². The van der Waals surface area contributed by atoms with Crippen molar-refractivity contribution in [3.8, 4) is 0 Å². The van der Waals surface area contributed by atoms with E-state index in [1.807, 2.05) is 31.1 Å². The number of rotatable bonds is 8. The Labute approximate surface area is 153 Å². The predicted octanol–water partition coefficient (Wildman–Crippen LogP) is 1.20. The summed E-state index contributed by atoms with van der Waals surface area (Å²) in [6, 6.07) is 9.32. The SMILES string of the molecule is CN(C)c1cccc2c(S(=O)(=O)C(CCN)C[C@H](N)C(=O)O)cccc12. The van der Waals surface area contributed by atoms with Gasteiger partial charge in [0.25, 0.3) is 0 Å². The number of hydrogen-bond donors (Lipinski definition) is 3. The molecule has 8 heteroatoms. The van der Waals surface area contributed by atoms with E-state index < -0.39 is 27.1 Å². The Morgan fingerprint density at radius 1 is 1.15 bits per heavy atom. The summed E-state index contributed by atoms with van der Waals surface area (Å²) in [5.74, 6) is -1.23. The first-order valence-electron chi connectivity index (χ1n) is 8.31. The van der Waals surface area contributed by atoms with Crippen molar-refractivity contribution in [1.29, 1.82) is 0 Å². The third-order valence-corrected chi connectivity index (χ3v) is 6.68. The van der Waals surface area contributed by atoms with Gasteiger partial charge in [0.1, 0.15) is 6.04 Å². The van der Waals surface area contributed by atoms with Crippen LogP contribution in [0.5, 0.6) is 0 Å². The average molecular weight is 379 g/mol. The monoisotopic (exact) mass is 379 g/mol. The number of aliphatic carboxylic acids is 1. The zero-order valence-corrected chi connectivity index (χ0v) is 15.7. The van der Waals surface area contributed by atoms with Crippen LogP contribution >= 0.6 is 0 Å². The van der Waals surface area contributed by atoms with Crippen LogP contribution in [0.1, 0.15) is 12.8 Å². The van der Waals surface area contributed by atoms with Gasteiger partial charge in [-0.25, -0.2) is 8.42 Å². The molecule has 26 heavy (non-hydrogen) atoms. The van der Waals surface area contributed by atoms with E-state index in [1.165, 1.54) is 0 Å². The van der Waals surface area contributed by atoms with E-state index in [-0.39, 0.29) is 24.3 Å².